The van der Waals surface area contributed by atoms with Gasteiger partial charge in [-0.3, -0.25) is 0 Å². The van der Waals surface area contributed by atoms with Crippen molar-refractivity contribution >= 4 is 11.8 Å². The van der Waals surface area contributed by atoms with Gasteiger partial charge in [-0.1, -0.05) is 6.07 Å². The summed E-state index contributed by atoms with van der Waals surface area (Å²) in [4.78, 5) is 4.19. The maximum atomic E-state index is 9.46. The zero-order valence-electron chi connectivity index (χ0n) is 8.18. The summed E-state index contributed by atoms with van der Waals surface area (Å²) in [6, 6.07) is 3.69. The fourth-order valence-electron chi connectivity index (χ4n) is 1.08. The van der Waals surface area contributed by atoms with E-state index in [0.717, 1.165) is 22.8 Å². The molecule has 14 heavy (non-hydrogen) atoms. The molecule has 0 amide bonds. The number of aliphatic hydroxyl groups is 2. The van der Waals surface area contributed by atoms with Crippen LogP contribution >= 0.6 is 11.8 Å². The summed E-state index contributed by atoms with van der Waals surface area (Å²) < 4.78 is 0. The SMILES string of the molecule is C[C@@H](O)c1cccnc1SCCCO. The second-order valence-corrected chi connectivity index (χ2v) is 4.08. The molecule has 3 nitrogen and oxygen atoms in total. The van der Waals surface area contributed by atoms with Crippen LogP contribution in [-0.4, -0.2) is 27.6 Å². The average Bonchev–Trinajstić information content (AvgIpc) is 2.19. The highest BCUT2D eigenvalue weighted by atomic mass is 32.2. The second kappa shape index (κ2) is 6.01. The van der Waals surface area contributed by atoms with Crippen molar-refractivity contribution < 1.29 is 10.2 Å². The molecular formula is C10H15NO2S. The van der Waals surface area contributed by atoms with Gasteiger partial charge in [-0.25, -0.2) is 4.98 Å². The average molecular weight is 213 g/mol. The molecule has 0 aliphatic carbocycles. The van der Waals surface area contributed by atoms with E-state index in [1.54, 1.807) is 24.9 Å². The molecule has 0 bridgehead atoms. The molecule has 0 unspecified atom stereocenters. The maximum absolute atomic E-state index is 9.46. The Balaban J connectivity index is 2.64. The van der Waals surface area contributed by atoms with Crippen molar-refractivity contribution in [1.29, 1.82) is 0 Å². The Bertz CT molecular complexity index is 279. The van der Waals surface area contributed by atoms with Gasteiger partial charge in [0.2, 0.25) is 0 Å². The Kier molecular flexibility index (Phi) is 4.93. The number of hydrogen-bond acceptors (Lipinski definition) is 4. The molecule has 78 valence electrons. The summed E-state index contributed by atoms with van der Waals surface area (Å²) >= 11 is 1.57. The molecule has 1 aromatic rings. The van der Waals surface area contributed by atoms with Crippen molar-refractivity contribution in [3.8, 4) is 0 Å². The predicted molar refractivity (Wildman–Crippen MR) is 57.3 cm³/mol. The van der Waals surface area contributed by atoms with Gasteiger partial charge in [0, 0.05) is 24.1 Å². The molecule has 0 aromatic carbocycles. The van der Waals surface area contributed by atoms with E-state index in [-0.39, 0.29) is 6.61 Å². The summed E-state index contributed by atoms with van der Waals surface area (Å²) in [6.45, 7) is 1.93. The summed E-state index contributed by atoms with van der Waals surface area (Å²) in [7, 11) is 0. The molecule has 0 saturated carbocycles. The van der Waals surface area contributed by atoms with Crippen LogP contribution in [0.3, 0.4) is 0 Å². The fraction of sp³-hybridized carbons (Fsp3) is 0.500. The number of aromatic nitrogens is 1. The van der Waals surface area contributed by atoms with Gasteiger partial charge >= 0.3 is 0 Å². The molecule has 1 atom stereocenters. The topological polar surface area (TPSA) is 53.4 Å². The van der Waals surface area contributed by atoms with Crippen LogP contribution in [0, 0.1) is 0 Å². The van der Waals surface area contributed by atoms with E-state index in [0.29, 0.717) is 0 Å². The number of hydrogen-bond donors (Lipinski definition) is 2. The third-order valence-electron chi connectivity index (χ3n) is 1.79. The summed E-state index contributed by atoms with van der Waals surface area (Å²) in [5.74, 6) is 0.827. The fourth-order valence-corrected chi connectivity index (χ4v) is 2.08. The van der Waals surface area contributed by atoms with Crippen molar-refractivity contribution in [3.63, 3.8) is 0 Å². The summed E-state index contributed by atoms with van der Waals surface area (Å²) in [5.41, 5.74) is 0.857. The number of aliphatic hydroxyl groups excluding tert-OH is 2. The lowest BCUT2D eigenvalue weighted by Gasteiger charge is -2.09. The van der Waals surface area contributed by atoms with Crippen LogP contribution in [0.2, 0.25) is 0 Å². The van der Waals surface area contributed by atoms with E-state index in [9.17, 15) is 5.11 Å². The molecule has 2 N–H and O–H groups in total. The van der Waals surface area contributed by atoms with E-state index in [4.69, 9.17) is 5.11 Å². The first-order valence-corrected chi connectivity index (χ1v) is 5.61. The van der Waals surface area contributed by atoms with E-state index in [2.05, 4.69) is 4.98 Å². The Labute approximate surface area is 88.2 Å². The lowest BCUT2D eigenvalue weighted by atomic mass is 10.2. The number of thioether (sulfide) groups is 1. The highest BCUT2D eigenvalue weighted by molar-refractivity contribution is 7.99. The smallest absolute Gasteiger partial charge is 0.102 e. The minimum Gasteiger partial charge on any atom is -0.396 e. The monoisotopic (exact) mass is 213 g/mol. The standard InChI is InChI=1S/C10H15NO2S/c1-8(13)9-4-2-5-11-10(9)14-7-3-6-12/h2,4-5,8,12-13H,3,6-7H2,1H3/t8-/m1/s1. The van der Waals surface area contributed by atoms with Crippen molar-refractivity contribution in [2.24, 2.45) is 0 Å². The molecule has 0 aliphatic heterocycles. The highest BCUT2D eigenvalue weighted by Gasteiger charge is 2.08. The Morgan fingerprint density at radius 1 is 1.57 bits per heavy atom. The van der Waals surface area contributed by atoms with Crippen molar-refractivity contribution in [1.82, 2.24) is 4.98 Å². The molecule has 1 heterocycles. The zero-order valence-corrected chi connectivity index (χ0v) is 9.00. The highest BCUT2D eigenvalue weighted by Crippen LogP contribution is 2.25. The Morgan fingerprint density at radius 2 is 2.36 bits per heavy atom. The van der Waals surface area contributed by atoms with E-state index < -0.39 is 6.10 Å². The van der Waals surface area contributed by atoms with Gasteiger partial charge in [0.25, 0.3) is 0 Å². The number of nitrogens with zero attached hydrogens (tertiary/aromatic N) is 1. The normalized spacial score (nSPS) is 12.8. The molecule has 0 radical (unpaired) electrons. The first-order chi connectivity index (χ1) is 6.75. The van der Waals surface area contributed by atoms with Gasteiger partial charge < -0.3 is 10.2 Å². The van der Waals surface area contributed by atoms with Gasteiger partial charge in [-0.05, 0) is 19.4 Å². The van der Waals surface area contributed by atoms with Crippen LogP contribution < -0.4 is 0 Å². The van der Waals surface area contributed by atoms with Crippen molar-refractivity contribution in [2.75, 3.05) is 12.4 Å². The third-order valence-corrected chi connectivity index (χ3v) is 2.90. The summed E-state index contributed by atoms with van der Waals surface area (Å²) in [6.07, 6.45) is 1.98. The van der Waals surface area contributed by atoms with E-state index in [1.165, 1.54) is 0 Å². The number of rotatable bonds is 5. The van der Waals surface area contributed by atoms with Crippen LogP contribution in [-0.2, 0) is 0 Å². The van der Waals surface area contributed by atoms with Gasteiger partial charge in [0.15, 0.2) is 0 Å². The zero-order chi connectivity index (χ0) is 10.4. The molecular weight excluding hydrogens is 198 g/mol. The first kappa shape index (κ1) is 11.5. The van der Waals surface area contributed by atoms with E-state index >= 15 is 0 Å². The lowest BCUT2D eigenvalue weighted by Crippen LogP contribution is -1.97. The second-order valence-electron chi connectivity index (χ2n) is 3.00. The molecule has 1 aromatic heterocycles. The molecule has 1 rings (SSSR count). The van der Waals surface area contributed by atoms with Gasteiger partial charge in [-0.2, -0.15) is 0 Å². The minimum absolute atomic E-state index is 0.198. The molecule has 4 heteroatoms. The lowest BCUT2D eigenvalue weighted by molar-refractivity contribution is 0.195. The van der Waals surface area contributed by atoms with Crippen LogP contribution in [0.1, 0.15) is 25.0 Å². The predicted octanol–water partition coefficient (Wildman–Crippen LogP) is 1.61. The van der Waals surface area contributed by atoms with Crippen molar-refractivity contribution in [2.45, 2.75) is 24.5 Å². The Hall–Kier alpha value is -0.580. The van der Waals surface area contributed by atoms with E-state index in [1.807, 2.05) is 12.1 Å². The first-order valence-electron chi connectivity index (χ1n) is 4.62. The van der Waals surface area contributed by atoms with Crippen LogP contribution in [0.4, 0.5) is 0 Å². The van der Waals surface area contributed by atoms with Crippen LogP contribution in [0.25, 0.3) is 0 Å². The maximum Gasteiger partial charge on any atom is 0.102 e. The largest absolute Gasteiger partial charge is 0.396 e. The quantitative estimate of drug-likeness (QED) is 0.576. The number of pyridine rings is 1. The third kappa shape index (κ3) is 3.29. The van der Waals surface area contributed by atoms with Crippen LogP contribution in [0.5, 0.6) is 0 Å². The van der Waals surface area contributed by atoms with Crippen LogP contribution in [0.15, 0.2) is 23.4 Å². The van der Waals surface area contributed by atoms with Gasteiger partial charge in [0.1, 0.15) is 5.03 Å². The summed E-state index contributed by atoms with van der Waals surface area (Å²) in [5, 5.41) is 19.0. The molecule has 0 spiro atoms. The molecule has 0 aliphatic rings. The molecule has 0 fully saturated rings. The molecule has 0 saturated heterocycles. The van der Waals surface area contributed by atoms with Crippen molar-refractivity contribution in [3.05, 3.63) is 23.9 Å². The van der Waals surface area contributed by atoms with Gasteiger partial charge in [0.05, 0.1) is 6.10 Å². The Morgan fingerprint density at radius 3 is 3.00 bits per heavy atom. The van der Waals surface area contributed by atoms with Gasteiger partial charge in [-0.15, -0.1) is 11.8 Å². The minimum atomic E-state index is -0.486.